The van der Waals surface area contributed by atoms with Gasteiger partial charge in [-0.05, 0) is 25.7 Å². The molecule has 0 bridgehead atoms. The number of ether oxygens (including phenoxy) is 1. The van der Waals surface area contributed by atoms with Crippen LogP contribution < -0.4 is 4.74 Å². The number of amides is 2. The molecule has 188 valence electrons. The van der Waals surface area contributed by atoms with Crippen molar-refractivity contribution in [2.45, 2.75) is 25.9 Å². The number of hydrogen-bond acceptors (Lipinski definition) is 6. The number of carbonyl (C=O) groups excluding carboxylic acids is 2. The van der Waals surface area contributed by atoms with E-state index in [4.69, 9.17) is 4.74 Å². The van der Waals surface area contributed by atoms with Crippen LogP contribution >= 0.6 is 0 Å². The predicted molar refractivity (Wildman–Crippen MR) is 133 cm³/mol. The van der Waals surface area contributed by atoms with Crippen molar-refractivity contribution >= 4 is 11.8 Å². The van der Waals surface area contributed by atoms with Crippen molar-refractivity contribution in [2.75, 3.05) is 85.6 Å². The summed E-state index contributed by atoms with van der Waals surface area (Å²) in [4.78, 5) is 37.2. The van der Waals surface area contributed by atoms with E-state index >= 15 is 0 Å². The number of para-hydroxylation sites is 1. The van der Waals surface area contributed by atoms with Crippen molar-refractivity contribution < 1.29 is 14.3 Å². The molecule has 1 aromatic rings. The Morgan fingerprint density at radius 3 is 2.21 bits per heavy atom. The highest BCUT2D eigenvalue weighted by Gasteiger charge is 2.36. The van der Waals surface area contributed by atoms with Crippen LogP contribution in [-0.4, -0.2) is 128 Å². The number of carbonyl (C=O) groups is 2. The maximum Gasteiger partial charge on any atom is 0.236 e. The van der Waals surface area contributed by atoms with Gasteiger partial charge in [-0.15, -0.1) is 0 Å². The van der Waals surface area contributed by atoms with Gasteiger partial charge in [0.2, 0.25) is 11.8 Å². The third-order valence-electron chi connectivity index (χ3n) is 7.61. The number of hydrogen-bond donors (Lipinski definition) is 0. The molecule has 0 spiro atoms. The summed E-state index contributed by atoms with van der Waals surface area (Å²) in [7, 11) is 2.10. The third kappa shape index (κ3) is 6.71. The molecule has 2 atom stereocenters. The molecule has 4 rings (SSSR count). The molecular formula is C26H41N5O3. The highest BCUT2D eigenvalue weighted by Crippen LogP contribution is 2.27. The van der Waals surface area contributed by atoms with Gasteiger partial charge in [0.05, 0.1) is 6.54 Å². The zero-order valence-electron chi connectivity index (χ0n) is 20.9. The number of rotatable bonds is 7. The van der Waals surface area contributed by atoms with Crippen molar-refractivity contribution in [1.82, 2.24) is 24.5 Å². The van der Waals surface area contributed by atoms with E-state index in [-0.39, 0.29) is 23.8 Å². The molecule has 3 aliphatic rings. The molecule has 0 saturated carbocycles. The first kappa shape index (κ1) is 24.9. The molecule has 0 aromatic heterocycles. The average Bonchev–Trinajstić information content (AvgIpc) is 2.86. The Morgan fingerprint density at radius 1 is 0.853 bits per heavy atom. The lowest BCUT2D eigenvalue weighted by molar-refractivity contribution is -0.140. The molecule has 3 fully saturated rings. The smallest absolute Gasteiger partial charge is 0.236 e. The van der Waals surface area contributed by atoms with Gasteiger partial charge in [0.1, 0.15) is 11.9 Å². The average molecular weight is 472 g/mol. The van der Waals surface area contributed by atoms with Gasteiger partial charge in [-0.1, -0.05) is 25.1 Å². The fourth-order valence-electron chi connectivity index (χ4n) is 5.23. The van der Waals surface area contributed by atoms with E-state index in [0.29, 0.717) is 26.1 Å². The molecule has 34 heavy (non-hydrogen) atoms. The van der Waals surface area contributed by atoms with Gasteiger partial charge >= 0.3 is 0 Å². The van der Waals surface area contributed by atoms with Crippen LogP contribution in [-0.2, 0) is 9.59 Å². The van der Waals surface area contributed by atoms with Crippen molar-refractivity contribution in [2.24, 2.45) is 5.92 Å². The fraction of sp³-hybridized carbons (Fsp3) is 0.692. The van der Waals surface area contributed by atoms with E-state index in [1.54, 1.807) is 0 Å². The zero-order valence-corrected chi connectivity index (χ0v) is 20.9. The monoisotopic (exact) mass is 471 g/mol. The summed E-state index contributed by atoms with van der Waals surface area (Å²) >= 11 is 0. The topological polar surface area (TPSA) is 59.6 Å². The van der Waals surface area contributed by atoms with Gasteiger partial charge in [-0.25, -0.2) is 0 Å². The highest BCUT2D eigenvalue weighted by molar-refractivity contribution is 5.79. The van der Waals surface area contributed by atoms with E-state index in [9.17, 15) is 9.59 Å². The van der Waals surface area contributed by atoms with Gasteiger partial charge < -0.3 is 24.3 Å². The van der Waals surface area contributed by atoms with Crippen LogP contribution in [0.2, 0.25) is 0 Å². The quantitative estimate of drug-likeness (QED) is 0.593. The first-order valence-electron chi connectivity index (χ1n) is 12.9. The summed E-state index contributed by atoms with van der Waals surface area (Å²) in [6.07, 6.45) is 1.13. The van der Waals surface area contributed by atoms with Gasteiger partial charge in [0, 0.05) is 84.2 Å². The fourth-order valence-corrected chi connectivity index (χ4v) is 5.23. The van der Waals surface area contributed by atoms with E-state index in [1.807, 2.05) is 40.1 Å². The molecular weight excluding hydrogens is 430 g/mol. The minimum atomic E-state index is -0.0593. The summed E-state index contributed by atoms with van der Waals surface area (Å²) in [5.74, 6) is 1.20. The molecule has 3 heterocycles. The van der Waals surface area contributed by atoms with Crippen LogP contribution in [0, 0.1) is 5.92 Å². The Bertz CT molecular complexity index is 791. The molecule has 3 saturated heterocycles. The molecule has 8 heteroatoms. The second-order valence-corrected chi connectivity index (χ2v) is 9.96. The first-order chi connectivity index (χ1) is 16.5. The maximum atomic E-state index is 13.2. The normalized spacial score (nSPS) is 25.4. The number of nitrogens with zero attached hydrogens (tertiary/aromatic N) is 5. The first-order valence-corrected chi connectivity index (χ1v) is 12.9. The Hall–Kier alpha value is -2.16. The molecule has 0 unspecified atom stereocenters. The summed E-state index contributed by atoms with van der Waals surface area (Å²) in [5.41, 5.74) is 0. The number of likely N-dealkylation sites (N-methyl/N-ethyl adjacent to an activating group) is 2. The van der Waals surface area contributed by atoms with Gasteiger partial charge in [0.25, 0.3) is 0 Å². The molecule has 8 nitrogen and oxygen atoms in total. The van der Waals surface area contributed by atoms with Crippen LogP contribution in [0.25, 0.3) is 0 Å². The lowest BCUT2D eigenvalue weighted by Crippen LogP contribution is -2.54. The second-order valence-electron chi connectivity index (χ2n) is 9.96. The molecule has 2 amide bonds. The van der Waals surface area contributed by atoms with Crippen molar-refractivity contribution in [3.63, 3.8) is 0 Å². The minimum Gasteiger partial charge on any atom is -0.490 e. The Kier molecular flexibility index (Phi) is 8.80. The van der Waals surface area contributed by atoms with E-state index in [1.165, 1.54) is 0 Å². The van der Waals surface area contributed by atoms with E-state index in [2.05, 4.69) is 28.7 Å². The summed E-state index contributed by atoms with van der Waals surface area (Å²) in [6, 6.07) is 9.84. The van der Waals surface area contributed by atoms with Crippen LogP contribution in [0.4, 0.5) is 0 Å². The van der Waals surface area contributed by atoms with Crippen molar-refractivity contribution in [3.8, 4) is 5.75 Å². The largest absolute Gasteiger partial charge is 0.490 e. The van der Waals surface area contributed by atoms with Crippen LogP contribution in [0.5, 0.6) is 5.75 Å². The molecule has 1 aromatic carbocycles. The SMILES string of the molecule is CCN1CCN(CC(=O)N2CC[C@H](Oc3ccccc3)[C@@H](CC(=O)N3CCN(C)CC3)C2)CC1. The lowest BCUT2D eigenvalue weighted by atomic mass is 9.90. The Morgan fingerprint density at radius 2 is 1.53 bits per heavy atom. The van der Waals surface area contributed by atoms with Crippen LogP contribution in [0.1, 0.15) is 19.8 Å². The zero-order chi connectivity index (χ0) is 23.9. The van der Waals surface area contributed by atoms with Gasteiger partial charge in [0.15, 0.2) is 0 Å². The Balaban J connectivity index is 1.37. The molecule has 3 aliphatic heterocycles. The number of likely N-dealkylation sites (tertiary alicyclic amines) is 1. The molecule has 0 N–H and O–H groups in total. The van der Waals surface area contributed by atoms with Crippen molar-refractivity contribution in [3.05, 3.63) is 30.3 Å². The highest BCUT2D eigenvalue weighted by atomic mass is 16.5. The van der Waals surface area contributed by atoms with Crippen molar-refractivity contribution in [1.29, 1.82) is 0 Å². The maximum absolute atomic E-state index is 13.2. The van der Waals surface area contributed by atoms with E-state index < -0.39 is 0 Å². The minimum absolute atomic E-state index is 0.00185. The summed E-state index contributed by atoms with van der Waals surface area (Å²) in [6.45, 7) is 12.3. The third-order valence-corrected chi connectivity index (χ3v) is 7.61. The van der Waals surface area contributed by atoms with Crippen LogP contribution in [0.15, 0.2) is 30.3 Å². The lowest BCUT2D eigenvalue weighted by Gasteiger charge is -2.41. The van der Waals surface area contributed by atoms with Gasteiger partial charge in [-0.3, -0.25) is 14.5 Å². The number of piperidine rings is 1. The molecule has 0 aliphatic carbocycles. The second kappa shape index (κ2) is 12.0. The summed E-state index contributed by atoms with van der Waals surface area (Å²) in [5, 5.41) is 0. The predicted octanol–water partition coefficient (Wildman–Crippen LogP) is 1.08. The Labute approximate surface area is 204 Å². The number of piperazine rings is 2. The molecule has 0 radical (unpaired) electrons. The van der Waals surface area contributed by atoms with E-state index in [0.717, 1.165) is 71.1 Å². The summed E-state index contributed by atoms with van der Waals surface area (Å²) < 4.78 is 6.34. The number of benzene rings is 1. The van der Waals surface area contributed by atoms with Crippen LogP contribution in [0.3, 0.4) is 0 Å². The standard InChI is InChI=1S/C26H41N5O3/c1-3-28-13-15-29(16-14-28)21-26(33)31-10-9-24(34-23-7-5-4-6-8-23)22(20-31)19-25(32)30-17-11-27(2)12-18-30/h4-8,22,24H,3,9-21H2,1-2H3/t22-,24-/m0/s1. The van der Waals surface area contributed by atoms with Gasteiger partial charge in [-0.2, -0.15) is 0 Å².